The first-order chi connectivity index (χ1) is 16.3. The third kappa shape index (κ3) is 5.03. The molecule has 0 aliphatic carbocycles. The fourth-order valence-corrected chi connectivity index (χ4v) is 3.57. The van der Waals surface area contributed by atoms with Crippen molar-refractivity contribution in [3.8, 4) is 22.8 Å². The first-order valence-corrected chi connectivity index (χ1v) is 10.8. The summed E-state index contributed by atoms with van der Waals surface area (Å²) in [4.78, 5) is 35.5. The van der Waals surface area contributed by atoms with Gasteiger partial charge in [-0.05, 0) is 62.2 Å². The highest BCUT2D eigenvalue weighted by molar-refractivity contribution is 6.03. The van der Waals surface area contributed by atoms with Crippen LogP contribution >= 0.6 is 0 Å². The molecule has 0 bridgehead atoms. The van der Waals surface area contributed by atoms with Crippen molar-refractivity contribution in [2.24, 2.45) is 0 Å². The molecular weight excluding hydrogens is 437 g/mol. The van der Waals surface area contributed by atoms with Crippen LogP contribution in [0.5, 0.6) is 0 Å². The summed E-state index contributed by atoms with van der Waals surface area (Å²) in [5, 5.41) is 11.6. The number of carbonyl (C=O) groups is 2. The number of benzene rings is 2. The summed E-state index contributed by atoms with van der Waals surface area (Å²) in [6.07, 6.45) is 3.63. The van der Waals surface area contributed by atoms with Gasteiger partial charge in [-0.2, -0.15) is 0 Å². The number of aromatic amines is 1. The molecule has 174 valence electrons. The molecule has 9 heteroatoms. The van der Waals surface area contributed by atoms with Gasteiger partial charge in [0.1, 0.15) is 17.2 Å². The molecule has 0 spiro atoms. The summed E-state index contributed by atoms with van der Waals surface area (Å²) < 4.78 is 15.4. The van der Waals surface area contributed by atoms with E-state index in [4.69, 9.17) is 5.11 Å². The molecule has 4 rings (SSSR count). The Kier molecular flexibility index (Phi) is 6.53. The van der Waals surface area contributed by atoms with Crippen molar-refractivity contribution >= 4 is 17.6 Å². The van der Waals surface area contributed by atoms with Crippen molar-refractivity contribution in [1.82, 2.24) is 19.5 Å². The van der Waals surface area contributed by atoms with Gasteiger partial charge in [0.15, 0.2) is 5.82 Å². The maximum absolute atomic E-state index is 13.4. The molecule has 0 fully saturated rings. The molecule has 0 aliphatic rings. The Morgan fingerprint density at radius 2 is 1.79 bits per heavy atom. The lowest BCUT2D eigenvalue weighted by Gasteiger charge is -2.11. The predicted octanol–water partition coefficient (Wildman–Crippen LogP) is 4.93. The quantitative estimate of drug-likeness (QED) is 0.344. The Bertz CT molecular complexity index is 1310. The zero-order valence-corrected chi connectivity index (χ0v) is 18.7. The number of hydrogen-bond donors (Lipinski definition) is 3. The zero-order valence-electron chi connectivity index (χ0n) is 18.7. The van der Waals surface area contributed by atoms with Gasteiger partial charge in [-0.25, -0.2) is 14.4 Å². The van der Waals surface area contributed by atoms with Crippen molar-refractivity contribution in [1.29, 1.82) is 0 Å². The molecule has 0 saturated heterocycles. The number of rotatable bonds is 8. The fraction of sp³-hybridized carbons (Fsp3) is 0.200. The van der Waals surface area contributed by atoms with Gasteiger partial charge in [-0.15, -0.1) is 0 Å². The minimum absolute atomic E-state index is 0.0511. The van der Waals surface area contributed by atoms with Crippen LogP contribution < -0.4 is 5.32 Å². The number of nitrogens with zero attached hydrogens (tertiary/aromatic N) is 3. The topological polar surface area (TPSA) is 113 Å². The Balaban J connectivity index is 1.56. The van der Waals surface area contributed by atoms with Crippen molar-refractivity contribution < 1.29 is 19.1 Å². The highest BCUT2D eigenvalue weighted by Gasteiger charge is 2.21. The smallest absolute Gasteiger partial charge is 0.303 e. The lowest BCUT2D eigenvalue weighted by atomic mass is 10.1. The summed E-state index contributed by atoms with van der Waals surface area (Å²) >= 11 is 0. The van der Waals surface area contributed by atoms with Crippen LogP contribution in [0.25, 0.3) is 22.8 Å². The van der Waals surface area contributed by atoms with Gasteiger partial charge in [0, 0.05) is 23.7 Å². The third-order valence-electron chi connectivity index (χ3n) is 5.35. The fourth-order valence-electron chi connectivity index (χ4n) is 3.57. The van der Waals surface area contributed by atoms with Crippen molar-refractivity contribution in [2.75, 3.05) is 5.32 Å². The molecular formula is C25H24FN5O3. The summed E-state index contributed by atoms with van der Waals surface area (Å²) in [6.45, 7) is 4.02. The van der Waals surface area contributed by atoms with Crippen LogP contribution in [-0.2, 0) is 11.2 Å². The van der Waals surface area contributed by atoms with Crippen LogP contribution in [0.2, 0.25) is 0 Å². The molecule has 0 radical (unpaired) electrons. The van der Waals surface area contributed by atoms with Gasteiger partial charge in [0.05, 0.1) is 18.2 Å². The number of hydrogen-bond acceptors (Lipinski definition) is 4. The molecule has 0 atom stereocenters. The van der Waals surface area contributed by atoms with E-state index in [1.165, 1.54) is 18.3 Å². The number of carboxylic acid groups (broad SMARTS) is 1. The van der Waals surface area contributed by atoms with Gasteiger partial charge in [-0.1, -0.05) is 12.1 Å². The van der Waals surface area contributed by atoms with Crippen LogP contribution in [0, 0.1) is 5.82 Å². The first kappa shape index (κ1) is 22.9. The van der Waals surface area contributed by atoms with E-state index in [2.05, 4.69) is 20.3 Å². The van der Waals surface area contributed by atoms with Crippen LogP contribution in [0.15, 0.2) is 61.1 Å². The number of nitrogens with one attached hydrogen (secondary N) is 2. The van der Waals surface area contributed by atoms with E-state index in [0.29, 0.717) is 29.3 Å². The van der Waals surface area contributed by atoms with Crippen molar-refractivity contribution in [2.45, 2.75) is 32.7 Å². The molecule has 2 heterocycles. The molecule has 34 heavy (non-hydrogen) atoms. The largest absolute Gasteiger partial charge is 0.481 e. The molecule has 0 saturated carbocycles. The Hall–Kier alpha value is -4.27. The highest BCUT2D eigenvalue weighted by Crippen LogP contribution is 2.31. The number of H-pyrrole nitrogens is 1. The van der Waals surface area contributed by atoms with E-state index in [0.717, 1.165) is 11.1 Å². The highest BCUT2D eigenvalue weighted by atomic mass is 19.1. The SMILES string of the molecule is CC(C)n1cnc(-c2ccc(F)cc2)c1-c1ncc(C(=O)Nc2ccc(CCC(=O)O)cc2)[nH]1. The molecule has 2 aromatic carbocycles. The summed E-state index contributed by atoms with van der Waals surface area (Å²) in [7, 11) is 0. The number of anilines is 1. The Morgan fingerprint density at radius 3 is 2.44 bits per heavy atom. The van der Waals surface area contributed by atoms with E-state index in [1.807, 2.05) is 18.4 Å². The van der Waals surface area contributed by atoms with E-state index < -0.39 is 5.97 Å². The van der Waals surface area contributed by atoms with Crippen LogP contribution in [0.1, 0.15) is 42.4 Å². The molecule has 2 aromatic heterocycles. The third-order valence-corrected chi connectivity index (χ3v) is 5.35. The molecule has 1 amide bonds. The number of carboxylic acids is 1. The second-order valence-corrected chi connectivity index (χ2v) is 8.14. The second kappa shape index (κ2) is 9.70. The molecule has 0 unspecified atom stereocenters. The van der Waals surface area contributed by atoms with E-state index in [1.54, 1.807) is 42.7 Å². The minimum Gasteiger partial charge on any atom is -0.481 e. The van der Waals surface area contributed by atoms with Crippen molar-refractivity contribution in [3.63, 3.8) is 0 Å². The van der Waals surface area contributed by atoms with Crippen LogP contribution in [-0.4, -0.2) is 36.5 Å². The predicted molar refractivity (Wildman–Crippen MR) is 126 cm³/mol. The van der Waals surface area contributed by atoms with Gasteiger partial charge in [-0.3, -0.25) is 9.59 Å². The van der Waals surface area contributed by atoms with Gasteiger partial charge in [0.25, 0.3) is 5.91 Å². The molecule has 8 nitrogen and oxygen atoms in total. The summed E-state index contributed by atoms with van der Waals surface area (Å²) in [6, 6.07) is 13.2. The Morgan fingerprint density at radius 1 is 1.09 bits per heavy atom. The number of halogens is 1. The van der Waals surface area contributed by atoms with Gasteiger partial charge < -0.3 is 20.0 Å². The van der Waals surface area contributed by atoms with E-state index in [9.17, 15) is 14.0 Å². The zero-order chi connectivity index (χ0) is 24.2. The number of imidazole rings is 2. The maximum Gasteiger partial charge on any atom is 0.303 e. The normalized spacial score (nSPS) is 11.1. The van der Waals surface area contributed by atoms with Crippen LogP contribution in [0.3, 0.4) is 0 Å². The standard InChI is InChI=1S/C25H24FN5O3/c1-15(2)31-14-28-22(17-6-8-18(26)9-7-17)23(31)24-27-13-20(30-24)25(34)29-19-10-3-16(4-11-19)5-12-21(32)33/h3-4,6-11,13-15H,5,12H2,1-2H3,(H,27,30)(H,29,34)(H,32,33). The van der Waals surface area contributed by atoms with E-state index in [-0.39, 0.29) is 29.9 Å². The lowest BCUT2D eigenvalue weighted by molar-refractivity contribution is -0.136. The number of aliphatic carboxylic acids is 1. The lowest BCUT2D eigenvalue weighted by Crippen LogP contribution is -2.12. The monoisotopic (exact) mass is 461 g/mol. The average molecular weight is 461 g/mol. The number of aryl methyl sites for hydroxylation is 1. The summed E-state index contributed by atoms with van der Waals surface area (Å²) in [5.74, 6) is -1.08. The maximum atomic E-state index is 13.4. The number of amides is 1. The van der Waals surface area contributed by atoms with Gasteiger partial charge >= 0.3 is 5.97 Å². The second-order valence-electron chi connectivity index (χ2n) is 8.14. The number of aromatic nitrogens is 4. The van der Waals surface area contributed by atoms with Crippen LogP contribution in [0.4, 0.5) is 10.1 Å². The van der Waals surface area contributed by atoms with Crippen molar-refractivity contribution in [3.05, 3.63) is 78.1 Å². The molecule has 4 aromatic rings. The number of carbonyl (C=O) groups excluding carboxylic acids is 1. The Labute approximate surface area is 195 Å². The molecule has 0 aliphatic heterocycles. The minimum atomic E-state index is -0.853. The molecule has 3 N–H and O–H groups in total. The average Bonchev–Trinajstić information content (AvgIpc) is 3.46. The van der Waals surface area contributed by atoms with E-state index >= 15 is 0 Å². The van der Waals surface area contributed by atoms with Gasteiger partial charge in [0.2, 0.25) is 0 Å². The summed E-state index contributed by atoms with van der Waals surface area (Å²) in [5.41, 5.74) is 3.79. The first-order valence-electron chi connectivity index (χ1n) is 10.8.